The van der Waals surface area contributed by atoms with Crippen LogP contribution in [0.1, 0.15) is 46.0 Å². The number of amides is 2. The molecule has 1 atom stereocenters. The lowest BCUT2D eigenvalue weighted by atomic mass is 9.94. The lowest BCUT2D eigenvalue weighted by Crippen LogP contribution is -2.51. The molecule has 124 valence electrons. The third-order valence-corrected chi connectivity index (χ3v) is 4.47. The van der Waals surface area contributed by atoms with Gasteiger partial charge in [0.25, 0.3) is 0 Å². The fourth-order valence-electron chi connectivity index (χ4n) is 3.30. The lowest BCUT2D eigenvalue weighted by Gasteiger charge is -2.34. The van der Waals surface area contributed by atoms with E-state index in [-0.39, 0.29) is 18.0 Å². The van der Waals surface area contributed by atoms with E-state index in [1.54, 1.807) is 6.92 Å². The molecule has 0 aromatic heterocycles. The van der Waals surface area contributed by atoms with E-state index in [1.165, 1.54) is 32.1 Å². The van der Waals surface area contributed by atoms with Crippen molar-refractivity contribution in [2.24, 2.45) is 0 Å². The summed E-state index contributed by atoms with van der Waals surface area (Å²) in [6, 6.07) is -0.0677. The topological polar surface area (TPSA) is 70.7 Å². The molecule has 2 amide bonds. The largest absolute Gasteiger partial charge is 0.463 e. The zero-order chi connectivity index (χ0) is 16.1. The zero-order valence-electron chi connectivity index (χ0n) is 13.8. The molecule has 1 fully saturated rings. The Morgan fingerprint density at radius 2 is 2.00 bits per heavy atom. The monoisotopic (exact) mass is 309 g/mol. The quantitative estimate of drug-likeness (QED) is 0.759. The normalized spacial score (nSPS) is 23.3. The Labute approximate surface area is 132 Å². The number of hydrogen-bond donors (Lipinski definition) is 2. The summed E-state index contributed by atoms with van der Waals surface area (Å²) in [6.45, 7) is 4.49. The standard InChI is InChI=1S/C16H27N3O3/c1-4-22-15(20)14-11(2)17-16(21)18-13(14)10-19(3)12-8-6-5-7-9-12/h11-12H,4-10H2,1-3H3,(H2,17,18,21). The summed E-state index contributed by atoms with van der Waals surface area (Å²) in [7, 11) is 2.06. The van der Waals surface area contributed by atoms with Crippen LogP contribution in [0.3, 0.4) is 0 Å². The first kappa shape index (κ1) is 16.8. The van der Waals surface area contributed by atoms with Crippen LogP contribution in [-0.2, 0) is 9.53 Å². The van der Waals surface area contributed by atoms with E-state index < -0.39 is 0 Å². The number of nitrogens with zero attached hydrogens (tertiary/aromatic N) is 1. The fourth-order valence-corrected chi connectivity index (χ4v) is 3.30. The number of esters is 1. The van der Waals surface area contributed by atoms with Gasteiger partial charge < -0.3 is 15.4 Å². The molecule has 6 heteroatoms. The third kappa shape index (κ3) is 4.00. The third-order valence-electron chi connectivity index (χ3n) is 4.47. The predicted molar refractivity (Wildman–Crippen MR) is 84.3 cm³/mol. The van der Waals surface area contributed by atoms with E-state index in [0.717, 1.165) is 0 Å². The molecule has 0 saturated heterocycles. The van der Waals surface area contributed by atoms with Crippen LogP contribution < -0.4 is 10.6 Å². The Kier molecular flexibility index (Phi) is 5.83. The number of nitrogens with one attached hydrogen (secondary N) is 2. The summed E-state index contributed by atoms with van der Waals surface area (Å²) in [5.41, 5.74) is 1.20. The molecule has 0 aromatic rings. The second-order valence-electron chi connectivity index (χ2n) is 6.14. The van der Waals surface area contributed by atoms with Crippen LogP contribution >= 0.6 is 0 Å². The van der Waals surface area contributed by atoms with Crippen molar-refractivity contribution in [1.82, 2.24) is 15.5 Å². The smallest absolute Gasteiger partial charge is 0.337 e. The fraction of sp³-hybridized carbons (Fsp3) is 0.750. The van der Waals surface area contributed by atoms with Gasteiger partial charge in [-0.15, -0.1) is 0 Å². The molecule has 1 saturated carbocycles. The first-order valence-electron chi connectivity index (χ1n) is 8.20. The second-order valence-corrected chi connectivity index (χ2v) is 6.14. The Balaban J connectivity index is 2.15. The van der Waals surface area contributed by atoms with Gasteiger partial charge >= 0.3 is 12.0 Å². The first-order valence-corrected chi connectivity index (χ1v) is 8.20. The summed E-state index contributed by atoms with van der Waals surface area (Å²) < 4.78 is 5.14. The number of ether oxygens (including phenoxy) is 1. The van der Waals surface area contributed by atoms with E-state index in [2.05, 4.69) is 22.6 Å². The van der Waals surface area contributed by atoms with Crippen molar-refractivity contribution in [1.29, 1.82) is 0 Å². The molecule has 0 aromatic carbocycles. The van der Waals surface area contributed by atoms with E-state index >= 15 is 0 Å². The molecule has 1 aliphatic heterocycles. The predicted octanol–water partition coefficient (Wildman–Crippen LogP) is 1.77. The summed E-state index contributed by atoms with van der Waals surface area (Å²) >= 11 is 0. The Morgan fingerprint density at radius 1 is 1.32 bits per heavy atom. The van der Waals surface area contributed by atoms with Gasteiger partial charge in [-0.05, 0) is 33.7 Å². The zero-order valence-corrected chi connectivity index (χ0v) is 13.8. The summed E-state index contributed by atoms with van der Waals surface area (Å²) in [4.78, 5) is 26.2. The first-order chi connectivity index (χ1) is 10.5. The van der Waals surface area contributed by atoms with E-state index in [1.807, 2.05) is 6.92 Å². The highest BCUT2D eigenvalue weighted by Crippen LogP contribution is 2.23. The van der Waals surface area contributed by atoms with Gasteiger partial charge in [0.2, 0.25) is 0 Å². The molecule has 0 radical (unpaired) electrons. The second kappa shape index (κ2) is 7.63. The van der Waals surface area contributed by atoms with E-state index in [9.17, 15) is 9.59 Å². The lowest BCUT2D eigenvalue weighted by molar-refractivity contribution is -0.139. The van der Waals surface area contributed by atoms with Gasteiger partial charge in [-0.1, -0.05) is 19.3 Å². The van der Waals surface area contributed by atoms with Crippen LogP contribution in [0, 0.1) is 0 Å². The molecular formula is C16H27N3O3. The molecular weight excluding hydrogens is 282 g/mol. The number of urea groups is 1. The van der Waals surface area contributed by atoms with Crippen LogP contribution in [0.4, 0.5) is 4.79 Å². The van der Waals surface area contributed by atoms with Crippen LogP contribution in [0.15, 0.2) is 11.3 Å². The van der Waals surface area contributed by atoms with Crippen molar-refractivity contribution >= 4 is 12.0 Å². The van der Waals surface area contributed by atoms with Crippen molar-refractivity contribution in [2.75, 3.05) is 20.2 Å². The minimum Gasteiger partial charge on any atom is -0.463 e. The minimum atomic E-state index is -0.352. The van der Waals surface area contributed by atoms with E-state index in [4.69, 9.17) is 4.74 Å². The van der Waals surface area contributed by atoms with Gasteiger partial charge in [0.1, 0.15) is 0 Å². The number of likely N-dealkylation sites (N-methyl/N-ethyl adjacent to an activating group) is 1. The highest BCUT2D eigenvalue weighted by atomic mass is 16.5. The Bertz CT molecular complexity index is 456. The van der Waals surface area contributed by atoms with E-state index in [0.29, 0.717) is 30.5 Å². The number of rotatable bonds is 5. The molecule has 2 rings (SSSR count). The van der Waals surface area contributed by atoms with Crippen molar-refractivity contribution in [3.63, 3.8) is 0 Å². The minimum absolute atomic E-state index is 0.257. The van der Waals surface area contributed by atoms with Gasteiger partial charge in [-0.2, -0.15) is 0 Å². The Hall–Kier alpha value is -1.56. The molecule has 2 aliphatic rings. The molecule has 6 nitrogen and oxygen atoms in total. The highest BCUT2D eigenvalue weighted by molar-refractivity contribution is 5.94. The summed E-state index contributed by atoms with van der Waals surface area (Å²) in [5.74, 6) is -0.352. The maximum atomic E-state index is 12.2. The van der Waals surface area contributed by atoms with Gasteiger partial charge in [-0.25, -0.2) is 9.59 Å². The van der Waals surface area contributed by atoms with Gasteiger partial charge in [0.05, 0.1) is 18.2 Å². The van der Waals surface area contributed by atoms with Crippen LogP contribution in [0.25, 0.3) is 0 Å². The molecule has 0 bridgehead atoms. The van der Waals surface area contributed by atoms with Crippen LogP contribution in [0.5, 0.6) is 0 Å². The average molecular weight is 309 g/mol. The molecule has 1 aliphatic carbocycles. The number of carbonyl (C=O) groups excluding carboxylic acids is 2. The molecule has 1 heterocycles. The molecule has 2 N–H and O–H groups in total. The van der Waals surface area contributed by atoms with Crippen molar-refractivity contribution in [3.05, 3.63) is 11.3 Å². The number of carbonyl (C=O) groups is 2. The maximum absolute atomic E-state index is 12.2. The van der Waals surface area contributed by atoms with Crippen molar-refractivity contribution in [3.8, 4) is 0 Å². The molecule has 1 unspecified atom stereocenters. The summed E-state index contributed by atoms with van der Waals surface area (Å²) in [5, 5.41) is 5.52. The summed E-state index contributed by atoms with van der Waals surface area (Å²) in [6.07, 6.45) is 6.17. The average Bonchev–Trinajstić information content (AvgIpc) is 2.47. The van der Waals surface area contributed by atoms with Gasteiger partial charge in [0.15, 0.2) is 0 Å². The molecule has 22 heavy (non-hydrogen) atoms. The SMILES string of the molecule is CCOC(=O)C1=C(CN(C)C2CCCCC2)NC(=O)NC1C. The van der Waals surface area contributed by atoms with Crippen molar-refractivity contribution < 1.29 is 14.3 Å². The van der Waals surface area contributed by atoms with Crippen LogP contribution in [-0.4, -0.2) is 49.2 Å². The molecule has 0 spiro atoms. The Morgan fingerprint density at radius 3 is 2.64 bits per heavy atom. The van der Waals surface area contributed by atoms with Crippen LogP contribution in [0.2, 0.25) is 0 Å². The van der Waals surface area contributed by atoms with Gasteiger partial charge in [-0.3, -0.25) is 4.90 Å². The highest BCUT2D eigenvalue weighted by Gasteiger charge is 2.31. The van der Waals surface area contributed by atoms with Gasteiger partial charge in [0, 0.05) is 18.3 Å². The van der Waals surface area contributed by atoms with Crippen molar-refractivity contribution in [2.45, 2.75) is 58.0 Å². The maximum Gasteiger partial charge on any atom is 0.337 e. The number of hydrogen-bond acceptors (Lipinski definition) is 4.